The van der Waals surface area contributed by atoms with Crippen LogP contribution in [0.3, 0.4) is 0 Å². The lowest BCUT2D eigenvalue weighted by Crippen LogP contribution is -2.32. The van der Waals surface area contributed by atoms with Crippen LogP contribution in [-0.2, 0) is 14.8 Å². The Hall–Kier alpha value is -3.42. The number of nitrogens with zero attached hydrogens (tertiary/aromatic N) is 3. The second kappa shape index (κ2) is 12.4. The first kappa shape index (κ1) is 29.6. The van der Waals surface area contributed by atoms with Crippen LogP contribution in [0.4, 0.5) is 24.0 Å². The summed E-state index contributed by atoms with van der Waals surface area (Å²) in [7, 11) is -3.79. The number of halogens is 3. The summed E-state index contributed by atoms with van der Waals surface area (Å²) < 4.78 is 77.4. The summed E-state index contributed by atoms with van der Waals surface area (Å²) in [6.45, 7) is 5.30. The first-order valence-electron chi connectivity index (χ1n) is 12.6. The SMILES string of the molecule is CCCN(CCC)S(=O)(=O)c1ccc(N(C(=O)C=CC(F)(F)F)c2nc(-c3ccc4c(c3)OCCO4)cs2)cc1. The van der Waals surface area contributed by atoms with Gasteiger partial charge in [-0.3, -0.25) is 9.69 Å². The number of rotatable bonds is 10. The molecule has 0 saturated heterocycles. The van der Waals surface area contributed by atoms with E-state index in [1.807, 2.05) is 13.8 Å². The van der Waals surface area contributed by atoms with Gasteiger partial charge in [-0.1, -0.05) is 13.8 Å². The minimum absolute atomic E-state index is 0.0208. The van der Waals surface area contributed by atoms with Crippen molar-refractivity contribution in [2.45, 2.75) is 37.8 Å². The van der Waals surface area contributed by atoms with Gasteiger partial charge in [0, 0.05) is 36.2 Å². The number of sulfonamides is 1. The Morgan fingerprint density at radius 2 is 1.68 bits per heavy atom. The van der Waals surface area contributed by atoms with Crippen molar-refractivity contribution in [1.29, 1.82) is 0 Å². The fraction of sp³-hybridized carbons (Fsp3) is 0.333. The average Bonchev–Trinajstić information content (AvgIpc) is 3.41. The topological polar surface area (TPSA) is 89.0 Å². The second-order valence-electron chi connectivity index (χ2n) is 8.82. The van der Waals surface area contributed by atoms with E-state index in [0.29, 0.717) is 68.0 Å². The standard InChI is InChI=1S/C27H28F3N3O5S2/c1-3-13-32(14-4-2)40(35,36)21-8-6-20(7-9-21)33(25(34)11-12-27(28,29)30)26-31-22(18-39-26)19-5-10-23-24(17-19)38-16-15-37-23/h5-12,17-18H,3-4,13-16H2,1-2H3. The summed E-state index contributed by atoms with van der Waals surface area (Å²) in [6.07, 6.45) is -3.15. The Kier molecular flexibility index (Phi) is 9.16. The third kappa shape index (κ3) is 6.83. The van der Waals surface area contributed by atoms with Crippen LogP contribution in [0, 0.1) is 0 Å². The highest BCUT2D eigenvalue weighted by molar-refractivity contribution is 7.89. The van der Waals surface area contributed by atoms with Gasteiger partial charge >= 0.3 is 6.18 Å². The van der Waals surface area contributed by atoms with Crippen LogP contribution in [0.25, 0.3) is 11.3 Å². The van der Waals surface area contributed by atoms with E-state index in [1.54, 1.807) is 23.6 Å². The molecule has 40 heavy (non-hydrogen) atoms. The molecule has 0 unspecified atom stereocenters. The zero-order valence-electron chi connectivity index (χ0n) is 21.8. The molecule has 2 aromatic carbocycles. The van der Waals surface area contributed by atoms with E-state index in [2.05, 4.69) is 4.98 Å². The quantitative estimate of drug-likeness (QED) is 0.260. The smallest absolute Gasteiger partial charge is 0.409 e. The van der Waals surface area contributed by atoms with Gasteiger partial charge in [0.2, 0.25) is 10.0 Å². The minimum atomic E-state index is -4.69. The summed E-state index contributed by atoms with van der Waals surface area (Å²) >= 11 is 1.05. The molecule has 8 nitrogen and oxygen atoms in total. The number of carbonyl (C=O) groups excluding carboxylic acids is 1. The molecular formula is C27H28F3N3O5S2. The van der Waals surface area contributed by atoms with Gasteiger partial charge in [-0.25, -0.2) is 13.4 Å². The van der Waals surface area contributed by atoms with Gasteiger partial charge in [-0.15, -0.1) is 11.3 Å². The summed E-state index contributed by atoms with van der Waals surface area (Å²) in [4.78, 5) is 18.6. The lowest BCUT2D eigenvalue weighted by atomic mass is 10.1. The molecule has 3 aromatic rings. The minimum Gasteiger partial charge on any atom is -0.486 e. The van der Waals surface area contributed by atoms with Crippen molar-refractivity contribution in [3.8, 4) is 22.8 Å². The van der Waals surface area contributed by atoms with Gasteiger partial charge in [-0.05, 0) is 55.3 Å². The number of ether oxygens (including phenoxy) is 2. The molecule has 1 aliphatic rings. The Bertz CT molecular complexity index is 1470. The number of allylic oxidation sites excluding steroid dienone is 1. The van der Waals surface area contributed by atoms with Crippen LogP contribution in [-0.4, -0.2) is 56.1 Å². The van der Waals surface area contributed by atoms with Crippen LogP contribution < -0.4 is 14.4 Å². The van der Waals surface area contributed by atoms with Gasteiger partial charge in [0.05, 0.1) is 16.3 Å². The van der Waals surface area contributed by atoms with Gasteiger partial charge in [-0.2, -0.15) is 17.5 Å². The summed E-state index contributed by atoms with van der Waals surface area (Å²) in [5.74, 6) is 0.136. The summed E-state index contributed by atoms with van der Waals surface area (Å²) in [5.41, 5.74) is 1.30. The van der Waals surface area contributed by atoms with E-state index in [0.717, 1.165) is 16.2 Å². The van der Waals surface area contributed by atoms with Crippen molar-refractivity contribution in [3.05, 3.63) is 60.0 Å². The fourth-order valence-corrected chi connectivity index (χ4v) is 6.52. The first-order chi connectivity index (χ1) is 19.0. The van der Waals surface area contributed by atoms with Crippen molar-refractivity contribution in [1.82, 2.24) is 9.29 Å². The molecule has 4 rings (SSSR count). The number of alkyl halides is 3. The van der Waals surface area contributed by atoms with E-state index in [-0.39, 0.29) is 21.8 Å². The van der Waals surface area contributed by atoms with Gasteiger partial charge in [0.1, 0.15) is 13.2 Å². The molecule has 0 spiro atoms. The molecule has 1 amide bonds. The van der Waals surface area contributed by atoms with Crippen LogP contribution in [0.15, 0.2) is 64.9 Å². The maximum atomic E-state index is 13.2. The number of amides is 1. The Morgan fingerprint density at radius 1 is 1.02 bits per heavy atom. The number of aromatic nitrogens is 1. The number of fused-ring (bicyclic) bond motifs is 1. The van der Waals surface area contributed by atoms with E-state index in [4.69, 9.17) is 9.47 Å². The first-order valence-corrected chi connectivity index (χ1v) is 14.9. The van der Waals surface area contributed by atoms with Crippen molar-refractivity contribution in [2.24, 2.45) is 0 Å². The third-order valence-electron chi connectivity index (χ3n) is 5.84. The monoisotopic (exact) mass is 595 g/mol. The molecule has 2 heterocycles. The largest absolute Gasteiger partial charge is 0.486 e. The number of carbonyl (C=O) groups is 1. The highest BCUT2D eigenvalue weighted by atomic mass is 32.2. The number of hydrogen-bond donors (Lipinski definition) is 0. The Morgan fingerprint density at radius 3 is 2.30 bits per heavy atom. The Labute approximate surface area is 234 Å². The number of anilines is 2. The molecular weight excluding hydrogens is 567 g/mol. The second-order valence-corrected chi connectivity index (χ2v) is 11.6. The normalized spacial score (nSPS) is 13.7. The summed E-state index contributed by atoms with van der Waals surface area (Å²) in [5, 5.41) is 1.77. The van der Waals surface area contributed by atoms with Crippen LogP contribution in [0.5, 0.6) is 11.5 Å². The molecule has 13 heteroatoms. The zero-order chi connectivity index (χ0) is 28.9. The molecule has 0 radical (unpaired) electrons. The molecule has 0 atom stereocenters. The van der Waals surface area contributed by atoms with Crippen molar-refractivity contribution in [2.75, 3.05) is 31.2 Å². The molecule has 0 aliphatic carbocycles. The molecule has 0 N–H and O–H groups in total. The Balaban J connectivity index is 1.69. The van der Waals surface area contributed by atoms with Crippen molar-refractivity contribution in [3.63, 3.8) is 0 Å². The van der Waals surface area contributed by atoms with Gasteiger partial charge in [0.25, 0.3) is 5.91 Å². The van der Waals surface area contributed by atoms with E-state index in [9.17, 15) is 26.4 Å². The van der Waals surface area contributed by atoms with Crippen molar-refractivity contribution >= 4 is 38.1 Å². The third-order valence-corrected chi connectivity index (χ3v) is 8.57. The van der Waals surface area contributed by atoms with E-state index < -0.39 is 22.1 Å². The molecule has 0 saturated carbocycles. The number of hydrogen-bond acceptors (Lipinski definition) is 7. The van der Waals surface area contributed by atoms with Gasteiger partial charge in [0.15, 0.2) is 16.6 Å². The lowest BCUT2D eigenvalue weighted by Gasteiger charge is -2.22. The highest BCUT2D eigenvalue weighted by Gasteiger charge is 2.27. The molecule has 1 aliphatic heterocycles. The van der Waals surface area contributed by atoms with Crippen LogP contribution in [0.2, 0.25) is 0 Å². The number of benzene rings is 2. The average molecular weight is 596 g/mol. The fourth-order valence-electron chi connectivity index (χ4n) is 4.04. The molecule has 0 fully saturated rings. The molecule has 0 bridgehead atoms. The van der Waals surface area contributed by atoms with Crippen molar-refractivity contribution < 1.29 is 35.9 Å². The predicted molar refractivity (Wildman–Crippen MR) is 147 cm³/mol. The molecule has 214 valence electrons. The zero-order valence-corrected chi connectivity index (χ0v) is 23.5. The predicted octanol–water partition coefficient (Wildman–Crippen LogP) is 6.18. The lowest BCUT2D eigenvalue weighted by molar-refractivity contribution is -0.114. The summed E-state index contributed by atoms with van der Waals surface area (Å²) in [6, 6.07) is 10.7. The van der Waals surface area contributed by atoms with Crippen LogP contribution >= 0.6 is 11.3 Å². The van der Waals surface area contributed by atoms with E-state index in [1.165, 1.54) is 28.6 Å². The number of thiazole rings is 1. The van der Waals surface area contributed by atoms with Gasteiger partial charge < -0.3 is 9.47 Å². The highest BCUT2D eigenvalue weighted by Crippen LogP contribution is 2.37. The maximum absolute atomic E-state index is 13.2. The maximum Gasteiger partial charge on any atom is 0.409 e. The van der Waals surface area contributed by atoms with E-state index >= 15 is 0 Å². The van der Waals surface area contributed by atoms with Crippen LogP contribution in [0.1, 0.15) is 26.7 Å². The molecule has 1 aromatic heterocycles.